The minimum atomic E-state index is -0.00567. The Morgan fingerprint density at radius 2 is 1.85 bits per heavy atom. The number of alkyl halides is 1. The zero-order valence-electron chi connectivity index (χ0n) is 19.4. The average Bonchev–Trinajstić information content (AvgIpc) is 3.35. The standard InChI is InChI=1S/C21H26N6O.C3H5ClO2/c1-2-3-12-26-18-9-11-23-14-19(18)27(21(26)28)15-20-24-16-7-4-5-8-17(16)25(20)13-6-10-22;4-1-2-6-3-5/h4-5,7-9,11,14H,2-3,6,10,12-13,15,22H2,1H3;3H,1-2H2. The van der Waals surface area contributed by atoms with Gasteiger partial charge in [-0.05, 0) is 37.6 Å². The SMILES string of the molecule is CCCCn1c(=O)n(Cc2nc3ccccc3n2CCCN)c2cnccc21.O=COCCCl. The summed E-state index contributed by atoms with van der Waals surface area (Å²) in [5, 5.41) is 0. The number of aryl methyl sites for hydroxylation is 2. The van der Waals surface area contributed by atoms with Crippen LogP contribution < -0.4 is 11.4 Å². The Bertz CT molecular complexity index is 1260. The molecule has 0 amide bonds. The van der Waals surface area contributed by atoms with Crippen molar-refractivity contribution in [3.05, 3.63) is 59.0 Å². The zero-order valence-corrected chi connectivity index (χ0v) is 20.2. The summed E-state index contributed by atoms with van der Waals surface area (Å²) in [5.41, 5.74) is 9.53. The Hall–Kier alpha value is -3.17. The van der Waals surface area contributed by atoms with Gasteiger partial charge in [-0.25, -0.2) is 9.78 Å². The van der Waals surface area contributed by atoms with Gasteiger partial charge in [0.05, 0.1) is 40.7 Å². The van der Waals surface area contributed by atoms with Gasteiger partial charge in [-0.3, -0.25) is 18.9 Å². The van der Waals surface area contributed by atoms with Crippen molar-refractivity contribution in [3.63, 3.8) is 0 Å². The van der Waals surface area contributed by atoms with Crippen molar-refractivity contribution >= 4 is 40.1 Å². The normalized spacial score (nSPS) is 10.9. The minimum Gasteiger partial charge on any atom is -0.467 e. The summed E-state index contributed by atoms with van der Waals surface area (Å²) in [6, 6.07) is 9.99. The molecule has 10 heteroatoms. The van der Waals surface area contributed by atoms with Crippen LogP contribution in [0.15, 0.2) is 47.5 Å². The summed E-state index contributed by atoms with van der Waals surface area (Å²) in [7, 11) is 0. The fraction of sp³-hybridized carbons (Fsp3) is 0.417. The largest absolute Gasteiger partial charge is 0.467 e. The number of carbonyl (C=O) groups is 1. The highest BCUT2D eigenvalue weighted by molar-refractivity contribution is 6.18. The maximum absolute atomic E-state index is 13.2. The summed E-state index contributed by atoms with van der Waals surface area (Å²) in [5.74, 6) is 1.24. The van der Waals surface area contributed by atoms with Crippen molar-refractivity contribution in [3.8, 4) is 0 Å². The molecular formula is C24H31ClN6O3. The molecule has 0 radical (unpaired) electrons. The summed E-state index contributed by atoms with van der Waals surface area (Å²) in [4.78, 5) is 31.5. The summed E-state index contributed by atoms with van der Waals surface area (Å²) >= 11 is 5.10. The molecular weight excluding hydrogens is 456 g/mol. The van der Waals surface area contributed by atoms with Crippen molar-refractivity contribution in [1.29, 1.82) is 0 Å². The van der Waals surface area contributed by atoms with E-state index in [4.69, 9.17) is 22.3 Å². The molecule has 0 aliphatic carbocycles. The monoisotopic (exact) mass is 486 g/mol. The number of aromatic nitrogens is 5. The fourth-order valence-corrected chi connectivity index (χ4v) is 3.92. The maximum Gasteiger partial charge on any atom is 0.329 e. The van der Waals surface area contributed by atoms with Gasteiger partial charge in [-0.1, -0.05) is 25.5 Å². The molecule has 3 aromatic heterocycles. The maximum atomic E-state index is 13.2. The second kappa shape index (κ2) is 12.9. The Kier molecular flexibility index (Phi) is 9.66. The number of unbranched alkanes of at least 4 members (excludes halogenated alkanes) is 1. The first-order valence-electron chi connectivity index (χ1n) is 11.4. The number of hydrogen-bond acceptors (Lipinski definition) is 6. The Morgan fingerprint density at radius 1 is 1.06 bits per heavy atom. The van der Waals surface area contributed by atoms with Crippen LogP contribution in [0.5, 0.6) is 0 Å². The smallest absolute Gasteiger partial charge is 0.329 e. The van der Waals surface area contributed by atoms with E-state index in [1.54, 1.807) is 17.0 Å². The highest BCUT2D eigenvalue weighted by Gasteiger charge is 2.17. The molecule has 182 valence electrons. The lowest BCUT2D eigenvalue weighted by molar-refractivity contribution is -0.128. The number of nitrogens with two attached hydrogens (primary N) is 1. The predicted molar refractivity (Wildman–Crippen MR) is 134 cm³/mol. The molecule has 0 saturated heterocycles. The molecule has 4 aromatic rings. The van der Waals surface area contributed by atoms with Crippen LogP contribution in [0.25, 0.3) is 22.1 Å². The molecule has 3 heterocycles. The van der Waals surface area contributed by atoms with Gasteiger partial charge in [-0.15, -0.1) is 11.6 Å². The van der Waals surface area contributed by atoms with E-state index in [1.807, 2.05) is 28.8 Å². The molecule has 0 bridgehead atoms. The summed E-state index contributed by atoms with van der Waals surface area (Å²) < 4.78 is 10.00. The number of para-hydroxylation sites is 2. The van der Waals surface area contributed by atoms with Crippen LogP contribution >= 0.6 is 11.6 Å². The topological polar surface area (TPSA) is 110 Å². The van der Waals surface area contributed by atoms with E-state index in [0.29, 0.717) is 38.6 Å². The van der Waals surface area contributed by atoms with Crippen molar-refractivity contribution in [1.82, 2.24) is 23.7 Å². The molecule has 0 aliphatic heterocycles. The van der Waals surface area contributed by atoms with Crippen LogP contribution in [-0.2, 0) is 29.2 Å². The second-order valence-electron chi connectivity index (χ2n) is 7.70. The third kappa shape index (κ3) is 5.84. The number of imidazole rings is 2. The lowest BCUT2D eigenvalue weighted by atomic mass is 10.3. The number of pyridine rings is 1. The third-order valence-corrected chi connectivity index (χ3v) is 5.59. The molecule has 0 spiro atoms. The van der Waals surface area contributed by atoms with Gasteiger partial charge in [0.1, 0.15) is 12.4 Å². The van der Waals surface area contributed by atoms with Gasteiger partial charge in [0.2, 0.25) is 0 Å². The van der Waals surface area contributed by atoms with Gasteiger partial charge in [0.15, 0.2) is 0 Å². The Morgan fingerprint density at radius 3 is 2.56 bits per heavy atom. The Labute approximate surface area is 203 Å². The molecule has 34 heavy (non-hydrogen) atoms. The van der Waals surface area contributed by atoms with Crippen LogP contribution in [0.3, 0.4) is 0 Å². The number of ether oxygens (including phenoxy) is 1. The van der Waals surface area contributed by atoms with E-state index in [-0.39, 0.29) is 5.69 Å². The zero-order chi connectivity index (χ0) is 24.3. The van der Waals surface area contributed by atoms with E-state index in [2.05, 4.69) is 27.3 Å². The van der Waals surface area contributed by atoms with Gasteiger partial charge >= 0.3 is 5.69 Å². The van der Waals surface area contributed by atoms with Gasteiger partial charge in [0, 0.05) is 19.3 Å². The first kappa shape index (κ1) is 25.5. The van der Waals surface area contributed by atoms with E-state index in [0.717, 1.165) is 53.7 Å². The number of halogens is 1. The predicted octanol–water partition coefficient (Wildman–Crippen LogP) is 3.14. The van der Waals surface area contributed by atoms with Crippen molar-refractivity contribution in [2.75, 3.05) is 19.0 Å². The van der Waals surface area contributed by atoms with Crippen LogP contribution in [-0.4, -0.2) is 49.2 Å². The van der Waals surface area contributed by atoms with Crippen molar-refractivity contribution in [2.24, 2.45) is 5.73 Å². The van der Waals surface area contributed by atoms with Crippen LogP contribution in [0, 0.1) is 0 Å². The first-order valence-corrected chi connectivity index (χ1v) is 12.0. The van der Waals surface area contributed by atoms with Crippen molar-refractivity contribution in [2.45, 2.75) is 45.8 Å². The molecule has 0 aliphatic rings. The molecule has 1 aromatic carbocycles. The quantitative estimate of drug-likeness (QED) is 0.198. The number of benzene rings is 1. The van der Waals surface area contributed by atoms with E-state index in [9.17, 15) is 9.59 Å². The minimum absolute atomic E-state index is 0.00567. The lowest BCUT2D eigenvalue weighted by Gasteiger charge is -2.09. The summed E-state index contributed by atoms with van der Waals surface area (Å²) in [6.07, 6.45) is 6.38. The van der Waals surface area contributed by atoms with Crippen LogP contribution in [0.2, 0.25) is 0 Å². The molecule has 2 N–H and O–H groups in total. The Balaban J connectivity index is 0.000000481. The average molecular weight is 487 g/mol. The van der Waals surface area contributed by atoms with E-state index in [1.165, 1.54) is 0 Å². The van der Waals surface area contributed by atoms with Crippen LogP contribution in [0.1, 0.15) is 32.0 Å². The number of rotatable bonds is 11. The van der Waals surface area contributed by atoms with E-state index < -0.39 is 0 Å². The second-order valence-corrected chi connectivity index (χ2v) is 8.08. The highest BCUT2D eigenvalue weighted by Crippen LogP contribution is 2.19. The molecule has 0 atom stereocenters. The van der Waals surface area contributed by atoms with Gasteiger partial charge < -0.3 is 15.0 Å². The number of fused-ring (bicyclic) bond motifs is 2. The highest BCUT2D eigenvalue weighted by atomic mass is 35.5. The molecule has 9 nitrogen and oxygen atoms in total. The van der Waals surface area contributed by atoms with Crippen LogP contribution in [0.4, 0.5) is 0 Å². The van der Waals surface area contributed by atoms with Gasteiger partial charge in [0.25, 0.3) is 6.47 Å². The molecule has 0 unspecified atom stereocenters. The number of carbonyl (C=O) groups excluding carboxylic acids is 1. The molecule has 0 fully saturated rings. The third-order valence-electron chi connectivity index (χ3n) is 5.44. The van der Waals surface area contributed by atoms with Crippen molar-refractivity contribution < 1.29 is 9.53 Å². The summed E-state index contributed by atoms with van der Waals surface area (Å²) in [6.45, 7) is 5.35. The number of hydrogen-bond donors (Lipinski definition) is 1. The lowest BCUT2D eigenvalue weighted by Crippen LogP contribution is -2.26. The molecule has 0 saturated carbocycles. The number of nitrogens with zero attached hydrogens (tertiary/aromatic N) is 5. The van der Waals surface area contributed by atoms with Gasteiger partial charge in [-0.2, -0.15) is 0 Å². The fourth-order valence-electron chi connectivity index (χ4n) is 3.83. The molecule has 4 rings (SSSR count). The van der Waals surface area contributed by atoms with E-state index >= 15 is 0 Å². The first-order chi connectivity index (χ1) is 16.7.